The van der Waals surface area contributed by atoms with E-state index in [1.807, 2.05) is 37.3 Å². The van der Waals surface area contributed by atoms with Crippen LogP contribution in [0.1, 0.15) is 27.4 Å². The summed E-state index contributed by atoms with van der Waals surface area (Å²) in [7, 11) is 0. The molecule has 3 aromatic rings. The second-order valence-corrected chi connectivity index (χ2v) is 5.87. The lowest BCUT2D eigenvalue weighted by Crippen LogP contribution is -2.24. The Morgan fingerprint density at radius 1 is 1.04 bits per heavy atom. The topological polar surface area (TPSA) is 87.2 Å². The number of nitrogens with zero attached hydrogens (tertiary/aromatic N) is 2. The molecule has 0 radical (unpaired) electrons. The third-order valence-electron chi connectivity index (χ3n) is 3.66. The highest BCUT2D eigenvalue weighted by atomic mass is 16.1. The molecule has 6 nitrogen and oxygen atoms in total. The van der Waals surface area contributed by atoms with E-state index in [1.165, 1.54) is 6.07 Å². The molecule has 0 atom stereocenters. The Morgan fingerprint density at radius 2 is 1.81 bits per heavy atom. The smallest absolute Gasteiger partial charge is 0.251 e. The van der Waals surface area contributed by atoms with Gasteiger partial charge in [-0.3, -0.25) is 15.0 Å². The monoisotopic (exact) mass is 346 g/mol. The number of benzene rings is 2. The van der Waals surface area contributed by atoms with Crippen molar-refractivity contribution in [2.24, 2.45) is 5.10 Å². The number of aromatic nitrogens is 2. The van der Waals surface area contributed by atoms with Gasteiger partial charge in [0.15, 0.2) is 11.5 Å². The van der Waals surface area contributed by atoms with Gasteiger partial charge in [-0.15, -0.1) is 0 Å². The molecule has 0 unspecified atom stereocenters. The second kappa shape index (κ2) is 7.57. The summed E-state index contributed by atoms with van der Waals surface area (Å²) in [5.41, 5.74) is 5.34. The maximum Gasteiger partial charge on any atom is 0.251 e. The Kier molecular flexibility index (Phi) is 5.03. The van der Waals surface area contributed by atoms with Crippen molar-refractivity contribution in [3.05, 3.63) is 93.7 Å². The van der Waals surface area contributed by atoms with Gasteiger partial charge < -0.3 is 4.98 Å². The van der Waals surface area contributed by atoms with Crippen LogP contribution in [0.15, 0.2) is 70.6 Å². The van der Waals surface area contributed by atoms with Crippen molar-refractivity contribution in [3.63, 3.8) is 0 Å². The summed E-state index contributed by atoms with van der Waals surface area (Å²) in [6, 6.07) is 17.7. The van der Waals surface area contributed by atoms with Crippen LogP contribution in [0.5, 0.6) is 0 Å². The van der Waals surface area contributed by atoms with Gasteiger partial charge in [0.05, 0.1) is 5.69 Å². The number of hydrazone groups is 1. The molecule has 0 bridgehead atoms. The Hall–Kier alpha value is -3.54. The van der Waals surface area contributed by atoms with E-state index in [-0.39, 0.29) is 22.9 Å². The third kappa shape index (κ3) is 4.10. The molecule has 0 fully saturated rings. The highest BCUT2D eigenvalue weighted by Gasteiger charge is 2.19. The molecule has 0 spiro atoms. The normalized spacial score (nSPS) is 11.2. The van der Waals surface area contributed by atoms with Gasteiger partial charge in [-0.1, -0.05) is 42.5 Å². The Balaban J connectivity index is 2.05. The second-order valence-electron chi connectivity index (χ2n) is 5.87. The predicted octanol–water partition coefficient (Wildman–Crippen LogP) is 3.09. The first-order valence-corrected chi connectivity index (χ1v) is 8.11. The van der Waals surface area contributed by atoms with Gasteiger partial charge in [-0.25, -0.2) is 4.98 Å². The Bertz CT molecular complexity index is 1020. The first-order chi connectivity index (χ1) is 12.5. The van der Waals surface area contributed by atoms with Crippen molar-refractivity contribution in [3.8, 4) is 0 Å². The van der Waals surface area contributed by atoms with E-state index in [1.54, 1.807) is 31.2 Å². The minimum Gasteiger partial charge on any atom is -0.305 e. The van der Waals surface area contributed by atoms with E-state index in [0.29, 0.717) is 11.3 Å². The zero-order chi connectivity index (χ0) is 18.5. The lowest BCUT2D eigenvalue weighted by atomic mass is 10.1. The number of Topliss-reactive ketones (excluding diaryl/α,β-unsaturated/α-hetero) is 1. The maximum atomic E-state index is 12.9. The first kappa shape index (κ1) is 17.3. The molecule has 3 rings (SSSR count). The summed E-state index contributed by atoms with van der Waals surface area (Å²) in [6.07, 6.45) is 0. The summed E-state index contributed by atoms with van der Waals surface area (Å²) in [4.78, 5) is 31.6. The standard InChI is InChI=1S/C20H18N4O2/c1-13-7-6-10-16(11-13)23-24-18(19(26)15-8-4-3-5-9-15)20-21-14(2)12-17(25)22-20/h3-12,23H,1-2H3,(H,21,22,25)/b24-18-. The number of aryl methyl sites for hydroxylation is 2. The molecular formula is C20H18N4O2. The van der Waals surface area contributed by atoms with E-state index in [2.05, 4.69) is 20.5 Å². The number of hydrogen-bond donors (Lipinski definition) is 2. The number of rotatable bonds is 5. The first-order valence-electron chi connectivity index (χ1n) is 8.11. The maximum absolute atomic E-state index is 12.9. The molecule has 2 aromatic carbocycles. The third-order valence-corrected chi connectivity index (χ3v) is 3.66. The van der Waals surface area contributed by atoms with Gasteiger partial charge in [0.25, 0.3) is 5.56 Å². The number of ketones is 1. The number of hydrogen-bond acceptors (Lipinski definition) is 5. The van der Waals surface area contributed by atoms with Gasteiger partial charge in [0.2, 0.25) is 5.78 Å². The van der Waals surface area contributed by atoms with Gasteiger partial charge >= 0.3 is 0 Å². The van der Waals surface area contributed by atoms with Crippen LogP contribution in [0.3, 0.4) is 0 Å². The molecule has 26 heavy (non-hydrogen) atoms. The minimum atomic E-state index is -0.336. The lowest BCUT2D eigenvalue weighted by molar-refractivity contribution is 0.106. The molecule has 0 amide bonds. The molecular weight excluding hydrogens is 328 g/mol. The van der Waals surface area contributed by atoms with Crippen LogP contribution in [0.25, 0.3) is 0 Å². The fraction of sp³-hybridized carbons (Fsp3) is 0.100. The average molecular weight is 346 g/mol. The molecule has 0 saturated carbocycles. The number of H-pyrrole nitrogens is 1. The Labute approximate surface area is 150 Å². The molecule has 0 aliphatic heterocycles. The van der Waals surface area contributed by atoms with Crippen LogP contribution in [0, 0.1) is 13.8 Å². The van der Waals surface area contributed by atoms with Gasteiger partial charge in [-0.05, 0) is 31.5 Å². The van der Waals surface area contributed by atoms with Crippen LogP contribution in [-0.2, 0) is 0 Å². The van der Waals surface area contributed by atoms with Crippen molar-refractivity contribution in [1.82, 2.24) is 9.97 Å². The van der Waals surface area contributed by atoms with E-state index < -0.39 is 0 Å². The summed E-state index contributed by atoms with van der Waals surface area (Å²) >= 11 is 0. The fourth-order valence-corrected chi connectivity index (χ4v) is 2.46. The zero-order valence-electron chi connectivity index (χ0n) is 14.5. The average Bonchev–Trinajstić information content (AvgIpc) is 2.62. The number of aromatic amines is 1. The van der Waals surface area contributed by atoms with Crippen LogP contribution in [0.4, 0.5) is 5.69 Å². The van der Waals surface area contributed by atoms with E-state index >= 15 is 0 Å². The van der Waals surface area contributed by atoms with Crippen molar-refractivity contribution < 1.29 is 4.79 Å². The summed E-state index contributed by atoms with van der Waals surface area (Å²) in [5, 5.41) is 4.25. The van der Waals surface area contributed by atoms with Crippen molar-refractivity contribution in [1.29, 1.82) is 0 Å². The Morgan fingerprint density at radius 3 is 2.50 bits per heavy atom. The molecule has 0 aliphatic rings. The number of anilines is 1. The molecule has 130 valence electrons. The van der Waals surface area contributed by atoms with E-state index in [9.17, 15) is 9.59 Å². The summed E-state index contributed by atoms with van der Waals surface area (Å²) < 4.78 is 0. The van der Waals surface area contributed by atoms with Crippen LogP contribution < -0.4 is 11.0 Å². The molecule has 0 aliphatic carbocycles. The molecule has 1 aromatic heterocycles. The van der Waals surface area contributed by atoms with E-state index in [4.69, 9.17) is 0 Å². The molecule has 2 N–H and O–H groups in total. The van der Waals surface area contributed by atoms with Gasteiger partial charge in [0.1, 0.15) is 0 Å². The van der Waals surface area contributed by atoms with E-state index in [0.717, 1.165) is 11.3 Å². The van der Waals surface area contributed by atoms with Crippen LogP contribution in [0.2, 0.25) is 0 Å². The molecule has 1 heterocycles. The van der Waals surface area contributed by atoms with Crippen molar-refractivity contribution >= 4 is 17.2 Å². The minimum absolute atomic E-state index is 0.0403. The molecule has 0 saturated heterocycles. The van der Waals surface area contributed by atoms with Crippen LogP contribution >= 0.6 is 0 Å². The van der Waals surface area contributed by atoms with Crippen molar-refractivity contribution in [2.75, 3.05) is 5.43 Å². The lowest BCUT2D eigenvalue weighted by Gasteiger charge is -2.08. The van der Waals surface area contributed by atoms with Crippen LogP contribution in [-0.4, -0.2) is 21.5 Å². The highest BCUT2D eigenvalue weighted by Crippen LogP contribution is 2.11. The van der Waals surface area contributed by atoms with Crippen molar-refractivity contribution in [2.45, 2.75) is 13.8 Å². The quantitative estimate of drug-likeness (QED) is 0.422. The predicted molar refractivity (Wildman–Crippen MR) is 102 cm³/mol. The van der Waals surface area contributed by atoms with Gasteiger partial charge in [0, 0.05) is 17.3 Å². The van der Waals surface area contributed by atoms with Gasteiger partial charge in [-0.2, -0.15) is 5.10 Å². The number of nitrogens with one attached hydrogen (secondary N) is 2. The zero-order valence-corrected chi connectivity index (χ0v) is 14.5. The SMILES string of the molecule is Cc1cccc(N/N=C(/C(=O)c2ccccc2)c2nc(C)cc(=O)[nH]2)c1. The summed E-state index contributed by atoms with van der Waals surface area (Å²) in [5.74, 6) is -0.205. The summed E-state index contributed by atoms with van der Waals surface area (Å²) in [6.45, 7) is 3.65. The largest absolute Gasteiger partial charge is 0.305 e. The number of carbonyl (C=O) groups excluding carboxylic acids is 1. The fourth-order valence-electron chi connectivity index (χ4n) is 2.46. The highest BCUT2D eigenvalue weighted by molar-refractivity contribution is 6.50. The molecule has 6 heteroatoms. The number of carbonyl (C=O) groups is 1.